The van der Waals surface area contributed by atoms with Crippen molar-refractivity contribution in [3.8, 4) is 0 Å². The maximum Gasteiger partial charge on any atom is 0.269 e. The first-order valence-electron chi connectivity index (χ1n) is 5.46. The molecule has 0 aromatic heterocycles. The number of hydrogen-bond donors (Lipinski definition) is 3. The van der Waals surface area contributed by atoms with Crippen molar-refractivity contribution < 1.29 is 10.1 Å². The molecule has 1 atom stereocenters. The van der Waals surface area contributed by atoms with Gasteiger partial charge in [-0.3, -0.25) is 10.1 Å². The number of oxime groups is 1. The molecule has 18 heavy (non-hydrogen) atoms. The molecule has 4 N–H and O–H groups in total. The quantitative estimate of drug-likeness (QED) is 0.230. The van der Waals surface area contributed by atoms with Gasteiger partial charge in [-0.05, 0) is 5.56 Å². The first kappa shape index (κ1) is 13.9. The molecule has 98 valence electrons. The summed E-state index contributed by atoms with van der Waals surface area (Å²) in [4.78, 5) is 10.0. The van der Waals surface area contributed by atoms with Gasteiger partial charge in [0.1, 0.15) is 5.84 Å². The summed E-state index contributed by atoms with van der Waals surface area (Å²) in [5, 5.41) is 25.0. The topological polar surface area (TPSA) is 114 Å². The standard InChI is InChI=1S/C11H16N4O3/c1-8(11(12)14-16)6-13-7-9-2-4-10(5-3-9)15(17)18/h2-5,8,13,16H,6-7H2,1H3,(H2,12,14). The largest absolute Gasteiger partial charge is 0.409 e. The number of nitrogens with one attached hydrogen (secondary N) is 1. The zero-order valence-electron chi connectivity index (χ0n) is 10.0. The Morgan fingerprint density at radius 2 is 2.17 bits per heavy atom. The Balaban J connectivity index is 2.42. The Hall–Kier alpha value is -2.15. The van der Waals surface area contributed by atoms with Gasteiger partial charge in [0.05, 0.1) is 4.92 Å². The number of nitrogens with two attached hydrogens (primary N) is 1. The van der Waals surface area contributed by atoms with Gasteiger partial charge < -0.3 is 16.3 Å². The summed E-state index contributed by atoms with van der Waals surface area (Å²) in [6.07, 6.45) is 0. The molecular formula is C11H16N4O3. The molecule has 7 heteroatoms. The van der Waals surface area contributed by atoms with E-state index in [9.17, 15) is 10.1 Å². The van der Waals surface area contributed by atoms with Gasteiger partial charge in [0.25, 0.3) is 5.69 Å². The zero-order valence-corrected chi connectivity index (χ0v) is 10.0. The van der Waals surface area contributed by atoms with Crippen LogP contribution in [0.4, 0.5) is 5.69 Å². The van der Waals surface area contributed by atoms with Crippen molar-refractivity contribution in [2.45, 2.75) is 13.5 Å². The maximum atomic E-state index is 10.5. The first-order chi connectivity index (χ1) is 8.54. The molecule has 0 saturated heterocycles. The van der Waals surface area contributed by atoms with Crippen LogP contribution in [0.5, 0.6) is 0 Å². The average Bonchev–Trinajstić information content (AvgIpc) is 2.38. The fraction of sp³-hybridized carbons (Fsp3) is 0.364. The second kappa shape index (κ2) is 6.55. The molecule has 1 rings (SSSR count). The predicted octanol–water partition coefficient (Wildman–Crippen LogP) is 1.07. The molecule has 0 saturated carbocycles. The maximum absolute atomic E-state index is 10.5. The number of rotatable bonds is 6. The van der Waals surface area contributed by atoms with Crippen LogP contribution in [0.1, 0.15) is 12.5 Å². The van der Waals surface area contributed by atoms with Crippen LogP contribution in [-0.2, 0) is 6.54 Å². The second-order valence-electron chi connectivity index (χ2n) is 3.98. The van der Waals surface area contributed by atoms with Crippen LogP contribution < -0.4 is 11.1 Å². The van der Waals surface area contributed by atoms with Crippen molar-refractivity contribution in [3.63, 3.8) is 0 Å². The molecule has 0 spiro atoms. The van der Waals surface area contributed by atoms with Gasteiger partial charge in [-0.2, -0.15) is 0 Å². The summed E-state index contributed by atoms with van der Waals surface area (Å²) in [6, 6.07) is 6.31. The summed E-state index contributed by atoms with van der Waals surface area (Å²) < 4.78 is 0. The van der Waals surface area contributed by atoms with Gasteiger partial charge in [-0.25, -0.2) is 0 Å². The lowest BCUT2D eigenvalue weighted by Gasteiger charge is -2.10. The third-order valence-electron chi connectivity index (χ3n) is 2.55. The lowest BCUT2D eigenvalue weighted by Crippen LogP contribution is -2.31. The number of nitrogens with zero attached hydrogens (tertiary/aromatic N) is 2. The SMILES string of the molecule is CC(CNCc1ccc([N+](=O)[O-])cc1)C(N)=NO. The Morgan fingerprint density at radius 1 is 1.56 bits per heavy atom. The number of nitro groups is 1. The van der Waals surface area contributed by atoms with E-state index in [2.05, 4.69) is 10.5 Å². The van der Waals surface area contributed by atoms with Gasteiger partial charge in [0.15, 0.2) is 0 Å². The molecule has 0 radical (unpaired) electrons. The van der Waals surface area contributed by atoms with Gasteiger partial charge >= 0.3 is 0 Å². The van der Waals surface area contributed by atoms with Crippen LogP contribution in [0.25, 0.3) is 0 Å². The monoisotopic (exact) mass is 252 g/mol. The third kappa shape index (κ3) is 4.02. The normalized spacial score (nSPS) is 13.3. The second-order valence-corrected chi connectivity index (χ2v) is 3.98. The fourth-order valence-electron chi connectivity index (χ4n) is 1.37. The van der Waals surface area contributed by atoms with E-state index in [1.807, 2.05) is 6.92 Å². The minimum Gasteiger partial charge on any atom is -0.409 e. The highest BCUT2D eigenvalue weighted by Gasteiger charge is 2.07. The minimum atomic E-state index is -0.433. The molecule has 0 heterocycles. The Labute approximate surface area is 104 Å². The molecule has 1 aromatic carbocycles. The Bertz CT molecular complexity index is 430. The summed E-state index contributed by atoms with van der Waals surface area (Å²) in [5.41, 5.74) is 6.44. The zero-order chi connectivity index (χ0) is 13.5. The molecule has 0 aliphatic heterocycles. The molecular weight excluding hydrogens is 236 g/mol. The fourth-order valence-corrected chi connectivity index (χ4v) is 1.37. The molecule has 0 amide bonds. The van der Waals surface area contributed by atoms with Crippen molar-refractivity contribution >= 4 is 11.5 Å². The summed E-state index contributed by atoms with van der Waals surface area (Å²) in [7, 11) is 0. The molecule has 0 aliphatic rings. The number of hydrogen-bond acceptors (Lipinski definition) is 5. The highest BCUT2D eigenvalue weighted by molar-refractivity contribution is 5.82. The number of non-ortho nitro benzene ring substituents is 1. The van der Waals surface area contributed by atoms with E-state index in [1.54, 1.807) is 12.1 Å². The number of amidine groups is 1. The minimum absolute atomic E-state index is 0.0729. The molecule has 0 aliphatic carbocycles. The van der Waals surface area contributed by atoms with Crippen LogP contribution in [0.2, 0.25) is 0 Å². The molecule has 0 bridgehead atoms. The van der Waals surface area contributed by atoms with Crippen LogP contribution >= 0.6 is 0 Å². The molecule has 1 aromatic rings. The van der Waals surface area contributed by atoms with E-state index in [0.717, 1.165) is 5.56 Å². The lowest BCUT2D eigenvalue weighted by molar-refractivity contribution is -0.384. The van der Waals surface area contributed by atoms with Crippen molar-refractivity contribution in [1.82, 2.24) is 5.32 Å². The van der Waals surface area contributed by atoms with Crippen molar-refractivity contribution in [2.24, 2.45) is 16.8 Å². The molecule has 0 fully saturated rings. The van der Waals surface area contributed by atoms with Crippen LogP contribution in [0.3, 0.4) is 0 Å². The van der Waals surface area contributed by atoms with E-state index < -0.39 is 4.92 Å². The van der Waals surface area contributed by atoms with E-state index in [-0.39, 0.29) is 17.4 Å². The Morgan fingerprint density at radius 3 is 2.67 bits per heavy atom. The number of benzene rings is 1. The molecule has 7 nitrogen and oxygen atoms in total. The predicted molar refractivity (Wildman–Crippen MR) is 67.4 cm³/mol. The van der Waals surface area contributed by atoms with Crippen LogP contribution in [0.15, 0.2) is 29.4 Å². The summed E-state index contributed by atoms with van der Waals surface area (Å²) in [5.74, 6) is 0.0965. The van der Waals surface area contributed by atoms with Gasteiger partial charge in [0.2, 0.25) is 0 Å². The van der Waals surface area contributed by atoms with Crippen molar-refractivity contribution in [2.75, 3.05) is 6.54 Å². The van der Waals surface area contributed by atoms with E-state index >= 15 is 0 Å². The lowest BCUT2D eigenvalue weighted by atomic mass is 10.1. The van der Waals surface area contributed by atoms with Gasteiger partial charge in [-0.1, -0.05) is 24.2 Å². The highest BCUT2D eigenvalue weighted by atomic mass is 16.6. The highest BCUT2D eigenvalue weighted by Crippen LogP contribution is 2.11. The average molecular weight is 252 g/mol. The van der Waals surface area contributed by atoms with E-state index in [1.165, 1.54) is 12.1 Å². The summed E-state index contributed by atoms with van der Waals surface area (Å²) >= 11 is 0. The van der Waals surface area contributed by atoms with E-state index in [0.29, 0.717) is 13.1 Å². The van der Waals surface area contributed by atoms with Gasteiger partial charge in [-0.15, -0.1) is 0 Å². The van der Waals surface area contributed by atoms with Gasteiger partial charge in [0, 0.05) is 31.1 Å². The van der Waals surface area contributed by atoms with E-state index in [4.69, 9.17) is 10.9 Å². The van der Waals surface area contributed by atoms with Crippen molar-refractivity contribution in [1.29, 1.82) is 0 Å². The third-order valence-corrected chi connectivity index (χ3v) is 2.55. The Kier molecular flexibility index (Phi) is 5.06. The molecule has 1 unspecified atom stereocenters. The van der Waals surface area contributed by atoms with Crippen molar-refractivity contribution in [3.05, 3.63) is 39.9 Å². The smallest absolute Gasteiger partial charge is 0.269 e. The van der Waals surface area contributed by atoms with Crippen LogP contribution in [0, 0.1) is 16.0 Å². The number of nitro benzene ring substituents is 1. The summed E-state index contributed by atoms with van der Waals surface area (Å²) in [6.45, 7) is 2.96. The first-order valence-corrected chi connectivity index (χ1v) is 5.46. The van der Waals surface area contributed by atoms with Crippen LogP contribution in [-0.4, -0.2) is 22.5 Å².